The maximum atomic E-state index is 5.49. The van der Waals surface area contributed by atoms with Gasteiger partial charge in [-0.05, 0) is 38.8 Å². The SMILES string of the molecule is COc1cccc(-c2noc(N(C)C3CCN(C(C)C)CC3)n2)c1. The minimum Gasteiger partial charge on any atom is -0.497 e. The van der Waals surface area contributed by atoms with E-state index in [1.54, 1.807) is 7.11 Å². The van der Waals surface area contributed by atoms with Crippen molar-refractivity contribution in [3.8, 4) is 17.1 Å². The Kier molecular flexibility index (Phi) is 5.04. The maximum absolute atomic E-state index is 5.49. The fraction of sp³-hybridized carbons (Fsp3) is 0.556. The first kappa shape index (κ1) is 16.8. The summed E-state index contributed by atoms with van der Waals surface area (Å²) in [6.45, 7) is 6.73. The highest BCUT2D eigenvalue weighted by Crippen LogP contribution is 2.26. The lowest BCUT2D eigenvalue weighted by Gasteiger charge is -2.37. The molecule has 1 aliphatic rings. The summed E-state index contributed by atoms with van der Waals surface area (Å²) in [5.74, 6) is 1.38. The summed E-state index contributed by atoms with van der Waals surface area (Å²) in [5, 5.41) is 4.13. The zero-order valence-electron chi connectivity index (χ0n) is 14.9. The van der Waals surface area contributed by atoms with Crippen LogP contribution in [0.5, 0.6) is 5.75 Å². The Bertz CT molecular complexity index is 663. The molecule has 1 fully saturated rings. The van der Waals surface area contributed by atoms with Crippen molar-refractivity contribution in [3.63, 3.8) is 0 Å². The Balaban J connectivity index is 1.69. The average molecular weight is 330 g/mol. The first-order valence-electron chi connectivity index (χ1n) is 8.53. The summed E-state index contributed by atoms with van der Waals surface area (Å²) in [5.41, 5.74) is 0.896. The third-order valence-corrected chi connectivity index (χ3v) is 4.82. The summed E-state index contributed by atoms with van der Waals surface area (Å²) in [6, 6.07) is 9.33. The standard InChI is InChI=1S/C18H26N4O2/c1-13(2)22-10-8-15(9-11-22)21(3)18-19-17(20-24-18)14-6-5-7-16(12-14)23-4/h5-7,12-13,15H,8-11H2,1-4H3. The molecule has 1 aromatic heterocycles. The van der Waals surface area contributed by atoms with Crippen molar-refractivity contribution >= 4 is 6.01 Å². The highest BCUT2D eigenvalue weighted by Gasteiger charge is 2.26. The van der Waals surface area contributed by atoms with E-state index in [1.807, 2.05) is 31.3 Å². The van der Waals surface area contributed by atoms with Gasteiger partial charge in [-0.25, -0.2) is 0 Å². The highest BCUT2D eigenvalue weighted by molar-refractivity contribution is 5.58. The van der Waals surface area contributed by atoms with Crippen LogP contribution in [0.3, 0.4) is 0 Å². The van der Waals surface area contributed by atoms with E-state index in [4.69, 9.17) is 9.26 Å². The monoisotopic (exact) mass is 330 g/mol. The largest absolute Gasteiger partial charge is 0.497 e. The van der Waals surface area contributed by atoms with Gasteiger partial charge in [-0.2, -0.15) is 4.98 Å². The van der Waals surface area contributed by atoms with Crippen molar-refractivity contribution in [2.75, 3.05) is 32.1 Å². The fourth-order valence-corrected chi connectivity index (χ4v) is 3.18. The van der Waals surface area contributed by atoms with Crippen molar-refractivity contribution in [3.05, 3.63) is 24.3 Å². The van der Waals surface area contributed by atoms with E-state index in [2.05, 4.69) is 33.8 Å². The summed E-state index contributed by atoms with van der Waals surface area (Å²) >= 11 is 0. The van der Waals surface area contributed by atoms with Crippen LogP contribution in [0.1, 0.15) is 26.7 Å². The molecule has 6 nitrogen and oxygen atoms in total. The molecule has 0 aliphatic carbocycles. The molecule has 0 radical (unpaired) electrons. The van der Waals surface area contributed by atoms with Crippen molar-refractivity contribution in [2.45, 2.75) is 38.8 Å². The predicted octanol–water partition coefficient (Wildman–Crippen LogP) is 3.05. The average Bonchev–Trinajstić information content (AvgIpc) is 3.11. The van der Waals surface area contributed by atoms with Gasteiger partial charge >= 0.3 is 6.01 Å². The molecule has 1 saturated heterocycles. The smallest absolute Gasteiger partial charge is 0.324 e. The molecule has 6 heteroatoms. The molecule has 24 heavy (non-hydrogen) atoms. The predicted molar refractivity (Wildman–Crippen MR) is 94.4 cm³/mol. The number of anilines is 1. The fourth-order valence-electron chi connectivity index (χ4n) is 3.18. The number of rotatable bonds is 5. The van der Waals surface area contributed by atoms with Crippen LogP contribution in [0.15, 0.2) is 28.8 Å². The Morgan fingerprint density at radius 2 is 2.04 bits per heavy atom. The number of methoxy groups -OCH3 is 1. The van der Waals surface area contributed by atoms with Gasteiger partial charge in [0.15, 0.2) is 0 Å². The number of ether oxygens (including phenoxy) is 1. The third-order valence-electron chi connectivity index (χ3n) is 4.82. The van der Waals surface area contributed by atoms with Gasteiger partial charge < -0.3 is 19.1 Å². The summed E-state index contributed by atoms with van der Waals surface area (Å²) < 4.78 is 10.7. The molecule has 1 aromatic carbocycles. The number of aromatic nitrogens is 2. The third kappa shape index (κ3) is 3.53. The Morgan fingerprint density at radius 3 is 2.71 bits per heavy atom. The number of likely N-dealkylation sites (tertiary alicyclic amines) is 1. The van der Waals surface area contributed by atoms with Crippen LogP contribution in [-0.4, -0.2) is 54.4 Å². The number of hydrogen-bond donors (Lipinski definition) is 0. The molecule has 0 unspecified atom stereocenters. The molecule has 3 rings (SSSR count). The van der Waals surface area contributed by atoms with Gasteiger partial charge in [-0.3, -0.25) is 0 Å². The van der Waals surface area contributed by atoms with E-state index in [9.17, 15) is 0 Å². The van der Waals surface area contributed by atoms with Crippen molar-refractivity contribution in [2.24, 2.45) is 0 Å². The lowest BCUT2D eigenvalue weighted by atomic mass is 10.0. The lowest BCUT2D eigenvalue weighted by molar-refractivity contribution is 0.169. The topological polar surface area (TPSA) is 54.6 Å². The van der Waals surface area contributed by atoms with Crippen LogP contribution in [0.4, 0.5) is 6.01 Å². The zero-order chi connectivity index (χ0) is 17.1. The van der Waals surface area contributed by atoms with Crippen LogP contribution < -0.4 is 9.64 Å². The molecular weight excluding hydrogens is 304 g/mol. The first-order chi connectivity index (χ1) is 11.6. The number of piperidine rings is 1. The molecule has 0 atom stereocenters. The van der Waals surface area contributed by atoms with Gasteiger partial charge in [0.2, 0.25) is 5.82 Å². The first-order valence-corrected chi connectivity index (χ1v) is 8.53. The Labute approximate surface area is 143 Å². The molecule has 2 heterocycles. The highest BCUT2D eigenvalue weighted by atomic mass is 16.5. The van der Waals surface area contributed by atoms with E-state index < -0.39 is 0 Å². The Morgan fingerprint density at radius 1 is 1.29 bits per heavy atom. The van der Waals surface area contributed by atoms with E-state index in [0.29, 0.717) is 23.9 Å². The second kappa shape index (κ2) is 7.21. The molecule has 0 spiro atoms. The van der Waals surface area contributed by atoms with Gasteiger partial charge in [0.25, 0.3) is 0 Å². The number of nitrogens with zero attached hydrogens (tertiary/aromatic N) is 4. The lowest BCUT2D eigenvalue weighted by Crippen LogP contribution is -2.45. The van der Waals surface area contributed by atoms with Gasteiger partial charge in [-0.15, -0.1) is 0 Å². The van der Waals surface area contributed by atoms with Crippen LogP contribution in [0.2, 0.25) is 0 Å². The van der Waals surface area contributed by atoms with Gasteiger partial charge in [-0.1, -0.05) is 17.3 Å². The molecule has 2 aromatic rings. The molecular formula is C18H26N4O2. The Hall–Kier alpha value is -2.08. The van der Waals surface area contributed by atoms with E-state index in [0.717, 1.165) is 37.2 Å². The van der Waals surface area contributed by atoms with Crippen LogP contribution >= 0.6 is 0 Å². The normalized spacial score (nSPS) is 16.5. The molecule has 130 valence electrons. The van der Waals surface area contributed by atoms with Crippen LogP contribution in [0, 0.1) is 0 Å². The molecule has 1 aliphatic heterocycles. The molecule has 0 N–H and O–H groups in total. The van der Waals surface area contributed by atoms with Crippen molar-refractivity contribution in [1.29, 1.82) is 0 Å². The van der Waals surface area contributed by atoms with Gasteiger partial charge in [0.1, 0.15) is 5.75 Å². The van der Waals surface area contributed by atoms with E-state index in [1.165, 1.54) is 0 Å². The minimum atomic E-state index is 0.443. The minimum absolute atomic E-state index is 0.443. The summed E-state index contributed by atoms with van der Waals surface area (Å²) in [4.78, 5) is 9.20. The summed E-state index contributed by atoms with van der Waals surface area (Å²) in [6.07, 6.45) is 2.23. The molecule has 0 bridgehead atoms. The zero-order valence-corrected chi connectivity index (χ0v) is 14.9. The molecule has 0 saturated carbocycles. The number of hydrogen-bond acceptors (Lipinski definition) is 6. The second-order valence-corrected chi connectivity index (χ2v) is 6.60. The quantitative estimate of drug-likeness (QED) is 0.840. The van der Waals surface area contributed by atoms with Crippen molar-refractivity contribution in [1.82, 2.24) is 15.0 Å². The van der Waals surface area contributed by atoms with Crippen LogP contribution in [0.25, 0.3) is 11.4 Å². The molecule has 0 amide bonds. The van der Waals surface area contributed by atoms with Gasteiger partial charge in [0.05, 0.1) is 7.11 Å². The van der Waals surface area contributed by atoms with Crippen LogP contribution in [-0.2, 0) is 0 Å². The summed E-state index contributed by atoms with van der Waals surface area (Å²) in [7, 11) is 3.69. The van der Waals surface area contributed by atoms with Gasteiger partial charge in [0, 0.05) is 37.8 Å². The maximum Gasteiger partial charge on any atom is 0.324 e. The van der Waals surface area contributed by atoms with Crippen molar-refractivity contribution < 1.29 is 9.26 Å². The van der Waals surface area contributed by atoms with E-state index >= 15 is 0 Å². The van der Waals surface area contributed by atoms with E-state index in [-0.39, 0.29) is 0 Å². The second-order valence-electron chi connectivity index (χ2n) is 6.60. The number of benzene rings is 1.